The summed E-state index contributed by atoms with van der Waals surface area (Å²) in [6, 6.07) is 9.81. The Morgan fingerprint density at radius 3 is 2.42 bits per heavy atom. The van der Waals surface area contributed by atoms with Crippen LogP contribution in [0.1, 0.15) is 10.4 Å². The molecular formula is C17H13BrF2N2O4. The molecule has 0 heterocycles. The highest BCUT2D eigenvalue weighted by molar-refractivity contribution is 9.10. The minimum absolute atomic E-state index is 0.00445. The van der Waals surface area contributed by atoms with Gasteiger partial charge in [0.2, 0.25) is 0 Å². The average Bonchev–Trinajstić information content (AvgIpc) is 2.61. The Bertz CT molecular complexity index is 808. The molecule has 0 atom stereocenters. The number of esters is 1. The van der Waals surface area contributed by atoms with Crippen molar-refractivity contribution in [3.8, 4) is 0 Å². The van der Waals surface area contributed by atoms with E-state index in [-0.39, 0.29) is 10.2 Å². The third-order valence-electron chi connectivity index (χ3n) is 3.06. The minimum atomic E-state index is -0.980. The number of hydrogen-bond acceptors (Lipinski definition) is 4. The molecule has 0 saturated heterocycles. The molecular weight excluding hydrogens is 414 g/mol. The number of nitrogens with one attached hydrogen (secondary N) is 2. The zero-order chi connectivity index (χ0) is 19.1. The van der Waals surface area contributed by atoms with Crippen LogP contribution in [0.5, 0.6) is 0 Å². The van der Waals surface area contributed by atoms with Crippen molar-refractivity contribution in [2.45, 2.75) is 0 Å². The molecule has 0 aromatic heterocycles. The Morgan fingerprint density at radius 1 is 1.08 bits per heavy atom. The van der Waals surface area contributed by atoms with Gasteiger partial charge in [0.15, 0.2) is 12.4 Å². The van der Waals surface area contributed by atoms with Gasteiger partial charge in [-0.05, 0) is 34.1 Å². The summed E-state index contributed by atoms with van der Waals surface area (Å²) in [5, 5.41) is 4.50. The molecule has 2 aromatic carbocycles. The van der Waals surface area contributed by atoms with Crippen LogP contribution < -0.4 is 10.6 Å². The monoisotopic (exact) mass is 426 g/mol. The van der Waals surface area contributed by atoms with Gasteiger partial charge in [0.1, 0.15) is 12.4 Å². The van der Waals surface area contributed by atoms with Crippen LogP contribution in [0, 0.1) is 11.6 Å². The van der Waals surface area contributed by atoms with Crippen LogP contribution >= 0.6 is 15.9 Å². The molecule has 136 valence electrons. The van der Waals surface area contributed by atoms with E-state index in [1.165, 1.54) is 0 Å². The van der Waals surface area contributed by atoms with Crippen molar-refractivity contribution >= 4 is 39.4 Å². The topological polar surface area (TPSA) is 84.5 Å². The van der Waals surface area contributed by atoms with E-state index >= 15 is 0 Å². The fourth-order valence-electron chi connectivity index (χ4n) is 1.88. The Balaban J connectivity index is 1.79. The average molecular weight is 427 g/mol. The maximum Gasteiger partial charge on any atom is 0.325 e. The van der Waals surface area contributed by atoms with E-state index in [0.29, 0.717) is 11.6 Å². The van der Waals surface area contributed by atoms with Crippen LogP contribution in [0.25, 0.3) is 0 Å². The summed E-state index contributed by atoms with van der Waals surface area (Å²) in [4.78, 5) is 35.0. The molecule has 0 fully saturated rings. The van der Waals surface area contributed by atoms with Crippen LogP contribution in [-0.2, 0) is 14.3 Å². The first-order valence-corrected chi connectivity index (χ1v) is 8.09. The molecule has 0 aliphatic rings. The number of carbonyl (C=O) groups excluding carboxylic acids is 3. The SMILES string of the molecule is O=C(COC(=O)CNC(=O)c1ccccc1)Nc1c(F)cc(F)cc1Br. The summed E-state index contributed by atoms with van der Waals surface area (Å²) >= 11 is 2.92. The third kappa shape index (κ3) is 5.62. The highest BCUT2D eigenvalue weighted by Gasteiger charge is 2.15. The first-order chi connectivity index (χ1) is 12.4. The number of rotatable bonds is 6. The fraction of sp³-hybridized carbons (Fsp3) is 0.118. The summed E-state index contributed by atoms with van der Waals surface area (Å²) in [5.41, 5.74) is 0.0968. The molecule has 0 aliphatic heterocycles. The second-order valence-electron chi connectivity index (χ2n) is 5.00. The predicted molar refractivity (Wildman–Crippen MR) is 92.4 cm³/mol. The molecule has 2 aromatic rings. The molecule has 26 heavy (non-hydrogen) atoms. The van der Waals surface area contributed by atoms with E-state index in [9.17, 15) is 23.2 Å². The van der Waals surface area contributed by atoms with Crippen LogP contribution in [0.2, 0.25) is 0 Å². The Kier molecular flexibility index (Phi) is 6.79. The third-order valence-corrected chi connectivity index (χ3v) is 3.69. The van der Waals surface area contributed by atoms with Gasteiger partial charge >= 0.3 is 5.97 Å². The summed E-state index contributed by atoms with van der Waals surface area (Å²) in [6.45, 7) is -1.13. The van der Waals surface area contributed by atoms with E-state index in [0.717, 1.165) is 6.07 Å². The number of anilines is 1. The van der Waals surface area contributed by atoms with E-state index < -0.39 is 42.6 Å². The lowest BCUT2D eigenvalue weighted by molar-refractivity contribution is -0.146. The van der Waals surface area contributed by atoms with Crippen molar-refractivity contribution in [3.63, 3.8) is 0 Å². The van der Waals surface area contributed by atoms with Crippen LogP contribution in [-0.4, -0.2) is 30.9 Å². The van der Waals surface area contributed by atoms with Gasteiger partial charge in [-0.25, -0.2) is 8.78 Å². The number of halogens is 3. The molecule has 9 heteroatoms. The first-order valence-electron chi connectivity index (χ1n) is 7.30. The van der Waals surface area contributed by atoms with Crippen molar-refractivity contribution in [1.82, 2.24) is 5.32 Å². The quantitative estimate of drug-likeness (QED) is 0.695. The van der Waals surface area contributed by atoms with Crippen molar-refractivity contribution in [2.24, 2.45) is 0 Å². The van der Waals surface area contributed by atoms with Gasteiger partial charge in [-0.3, -0.25) is 14.4 Å². The lowest BCUT2D eigenvalue weighted by Gasteiger charge is -2.10. The van der Waals surface area contributed by atoms with Gasteiger partial charge in [0, 0.05) is 16.1 Å². The van der Waals surface area contributed by atoms with Gasteiger partial charge < -0.3 is 15.4 Å². The van der Waals surface area contributed by atoms with Crippen molar-refractivity contribution < 1.29 is 27.9 Å². The van der Waals surface area contributed by atoms with Crippen LogP contribution in [0.4, 0.5) is 14.5 Å². The zero-order valence-electron chi connectivity index (χ0n) is 13.2. The summed E-state index contributed by atoms with van der Waals surface area (Å²) in [7, 11) is 0. The maximum absolute atomic E-state index is 13.6. The van der Waals surface area contributed by atoms with Gasteiger partial charge in [0.05, 0.1) is 5.69 Å². The molecule has 0 aliphatic carbocycles. The first kappa shape index (κ1) is 19.5. The van der Waals surface area contributed by atoms with Gasteiger partial charge in [-0.2, -0.15) is 0 Å². The number of ether oxygens (including phenoxy) is 1. The Hall–Kier alpha value is -2.81. The minimum Gasteiger partial charge on any atom is -0.454 e. The molecule has 0 radical (unpaired) electrons. The van der Waals surface area contributed by atoms with Gasteiger partial charge in [-0.15, -0.1) is 0 Å². The Labute approximate surface area is 155 Å². The number of hydrogen-bond donors (Lipinski definition) is 2. The molecule has 2 rings (SSSR count). The molecule has 2 amide bonds. The van der Waals surface area contributed by atoms with Crippen molar-refractivity contribution in [3.05, 3.63) is 64.1 Å². The smallest absolute Gasteiger partial charge is 0.325 e. The predicted octanol–water partition coefficient (Wildman–Crippen LogP) is 2.64. The second kappa shape index (κ2) is 9.04. The highest BCUT2D eigenvalue weighted by atomic mass is 79.9. The normalized spacial score (nSPS) is 10.1. The van der Waals surface area contributed by atoms with E-state index in [1.54, 1.807) is 30.3 Å². The molecule has 0 bridgehead atoms. The van der Waals surface area contributed by atoms with Crippen LogP contribution in [0.15, 0.2) is 46.9 Å². The lowest BCUT2D eigenvalue weighted by Crippen LogP contribution is -2.32. The highest BCUT2D eigenvalue weighted by Crippen LogP contribution is 2.26. The number of benzene rings is 2. The standard InChI is InChI=1S/C17H13BrF2N2O4/c18-12-6-11(19)7-13(20)16(12)22-14(23)9-26-15(24)8-21-17(25)10-4-2-1-3-5-10/h1-7H,8-9H2,(H,21,25)(H,22,23). The molecule has 0 saturated carbocycles. The maximum atomic E-state index is 13.6. The van der Waals surface area contributed by atoms with E-state index in [1.807, 2.05) is 0 Å². The number of carbonyl (C=O) groups is 3. The fourth-order valence-corrected chi connectivity index (χ4v) is 2.39. The molecule has 0 spiro atoms. The largest absolute Gasteiger partial charge is 0.454 e. The second-order valence-corrected chi connectivity index (χ2v) is 5.86. The summed E-state index contributed by atoms with van der Waals surface area (Å²) < 4.78 is 31.3. The zero-order valence-corrected chi connectivity index (χ0v) is 14.8. The van der Waals surface area contributed by atoms with E-state index in [2.05, 4.69) is 31.3 Å². The lowest BCUT2D eigenvalue weighted by atomic mass is 10.2. The molecule has 2 N–H and O–H groups in total. The van der Waals surface area contributed by atoms with E-state index in [4.69, 9.17) is 0 Å². The van der Waals surface area contributed by atoms with Gasteiger partial charge in [0.25, 0.3) is 11.8 Å². The van der Waals surface area contributed by atoms with Gasteiger partial charge in [-0.1, -0.05) is 18.2 Å². The van der Waals surface area contributed by atoms with Crippen LogP contribution in [0.3, 0.4) is 0 Å². The van der Waals surface area contributed by atoms with Crippen molar-refractivity contribution in [1.29, 1.82) is 0 Å². The number of amides is 2. The van der Waals surface area contributed by atoms with Crippen molar-refractivity contribution in [2.75, 3.05) is 18.5 Å². The molecule has 0 unspecified atom stereocenters. The molecule has 6 nitrogen and oxygen atoms in total. The Morgan fingerprint density at radius 2 is 1.77 bits per heavy atom. The summed E-state index contributed by atoms with van der Waals surface area (Å²) in [6.07, 6.45) is 0. The summed E-state index contributed by atoms with van der Waals surface area (Å²) in [5.74, 6) is -3.93.